The van der Waals surface area contributed by atoms with E-state index in [-0.39, 0.29) is 33.6 Å². The Bertz CT molecular complexity index is 1140. The van der Waals surface area contributed by atoms with Crippen molar-refractivity contribution in [2.75, 3.05) is 5.32 Å². The Labute approximate surface area is 163 Å². The molecule has 0 aliphatic heterocycles. The first kappa shape index (κ1) is 19.2. The third-order valence-corrected chi connectivity index (χ3v) is 4.15. The topological polar surface area (TPSA) is 136 Å². The van der Waals surface area contributed by atoms with Crippen molar-refractivity contribution in [3.8, 4) is 5.95 Å². The fourth-order valence-corrected chi connectivity index (χ4v) is 2.71. The Morgan fingerprint density at radius 2 is 2.11 bits per heavy atom. The first-order valence-corrected chi connectivity index (χ1v) is 8.59. The fourth-order valence-electron chi connectivity index (χ4n) is 2.51. The minimum Gasteiger partial charge on any atom is -0.306 e. The molecule has 2 N–H and O–H groups in total. The minimum atomic E-state index is -0.663. The Kier molecular flexibility index (Phi) is 5.23. The first-order chi connectivity index (χ1) is 13.3. The number of nitro benzene ring substituents is 1. The van der Waals surface area contributed by atoms with E-state index in [2.05, 4.69) is 20.4 Å². The second-order valence-corrected chi connectivity index (χ2v) is 6.28. The molecule has 0 saturated heterocycles. The molecule has 0 aliphatic carbocycles. The van der Waals surface area contributed by atoms with Crippen molar-refractivity contribution in [3.63, 3.8) is 0 Å². The molecule has 1 amide bonds. The van der Waals surface area contributed by atoms with E-state index in [0.29, 0.717) is 17.8 Å². The van der Waals surface area contributed by atoms with Gasteiger partial charge in [-0.25, -0.2) is 4.98 Å². The standard InChI is InChI=1S/C17H15ClN6O4/c1-3-10-7-15(25)21-17(19-10)23-14(6-9(2)22-23)20-16(26)12-8-11(24(27)28)4-5-13(12)18/h4-8H,3H2,1-2H3,(H,20,26)(H,19,21,25). The highest BCUT2D eigenvalue weighted by molar-refractivity contribution is 6.34. The van der Waals surface area contributed by atoms with Crippen LogP contribution in [0.1, 0.15) is 28.7 Å². The van der Waals surface area contributed by atoms with Gasteiger partial charge in [0.25, 0.3) is 17.2 Å². The highest BCUT2D eigenvalue weighted by Crippen LogP contribution is 2.24. The van der Waals surface area contributed by atoms with Gasteiger partial charge < -0.3 is 5.32 Å². The lowest BCUT2D eigenvalue weighted by atomic mass is 10.2. The summed E-state index contributed by atoms with van der Waals surface area (Å²) < 4.78 is 1.28. The van der Waals surface area contributed by atoms with Crippen LogP contribution in [0.3, 0.4) is 0 Å². The maximum absolute atomic E-state index is 12.6. The summed E-state index contributed by atoms with van der Waals surface area (Å²) in [6.07, 6.45) is 0.544. The first-order valence-electron chi connectivity index (χ1n) is 8.21. The van der Waals surface area contributed by atoms with Crippen LogP contribution in [0.25, 0.3) is 5.95 Å². The van der Waals surface area contributed by atoms with Gasteiger partial charge in [-0.05, 0) is 19.4 Å². The number of hydrogen-bond acceptors (Lipinski definition) is 6. The van der Waals surface area contributed by atoms with Gasteiger partial charge in [0.05, 0.1) is 21.2 Å². The molecule has 0 aliphatic rings. The summed E-state index contributed by atoms with van der Waals surface area (Å²) in [5.41, 5.74) is 0.441. The lowest BCUT2D eigenvalue weighted by molar-refractivity contribution is -0.384. The monoisotopic (exact) mass is 402 g/mol. The molecular formula is C17H15ClN6O4. The molecule has 3 aromatic rings. The number of nitrogens with one attached hydrogen (secondary N) is 2. The zero-order chi connectivity index (χ0) is 20.4. The minimum absolute atomic E-state index is 0.0606. The van der Waals surface area contributed by atoms with Crippen LogP contribution in [-0.4, -0.2) is 30.6 Å². The molecule has 0 unspecified atom stereocenters. The van der Waals surface area contributed by atoms with Crippen LogP contribution < -0.4 is 10.9 Å². The number of nitrogens with zero attached hydrogens (tertiary/aromatic N) is 4. The number of halogens is 1. The van der Waals surface area contributed by atoms with Gasteiger partial charge in [0, 0.05) is 30.0 Å². The number of H-pyrrole nitrogens is 1. The molecule has 0 radical (unpaired) electrons. The molecule has 10 nitrogen and oxygen atoms in total. The molecule has 2 heterocycles. The van der Waals surface area contributed by atoms with Crippen molar-refractivity contribution in [1.82, 2.24) is 19.7 Å². The molecule has 3 rings (SSSR count). The van der Waals surface area contributed by atoms with Gasteiger partial charge in [-0.15, -0.1) is 0 Å². The number of benzene rings is 1. The summed E-state index contributed by atoms with van der Waals surface area (Å²) in [5, 5.41) is 17.9. The number of anilines is 1. The summed E-state index contributed by atoms with van der Waals surface area (Å²) in [7, 11) is 0. The van der Waals surface area contributed by atoms with Crippen LogP contribution in [0.4, 0.5) is 11.5 Å². The van der Waals surface area contributed by atoms with E-state index in [0.717, 1.165) is 6.07 Å². The van der Waals surface area contributed by atoms with Crippen LogP contribution in [0, 0.1) is 17.0 Å². The Hall–Kier alpha value is -3.53. The van der Waals surface area contributed by atoms with Gasteiger partial charge in [-0.1, -0.05) is 18.5 Å². The molecule has 0 spiro atoms. The smallest absolute Gasteiger partial charge is 0.270 e. The molecule has 144 valence electrons. The van der Waals surface area contributed by atoms with Gasteiger partial charge >= 0.3 is 0 Å². The van der Waals surface area contributed by atoms with Gasteiger partial charge in [0.2, 0.25) is 5.95 Å². The molecule has 11 heteroatoms. The van der Waals surface area contributed by atoms with Gasteiger partial charge in [0.1, 0.15) is 5.82 Å². The molecule has 0 bridgehead atoms. The van der Waals surface area contributed by atoms with Gasteiger partial charge in [0.15, 0.2) is 0 Å². The van der Waals surface area contributed by atoms with E-state index >= 15 is 0 Å². The average Bonchev–Trinajstić information content (AvgIpc) is 3.01. The van der Waals surface area contributed by atoms with E-state index in [1.165, 1.54) is 22.9 Å². The lowest BCUT2D eigenvalue weighted by Gasteiger charge is -2.09. The molecular weight excluding hydrogens is 388 g/mol. The number of aryl methyl sites for hydroxylation is 2. The second kappa shape index (κ2) is 7.61. The Morgan fingerprint density at radius 3 is 2.79 bits per heavy atom. The Balaban J connectivity index is 2.00. The van der Waals surface area contributed by atoms with Crippen LogP contribution in [0.2, 0.25) is 5.02 Å². The number of carbonyl (C=O) groups excluding carboxylic acids is 1. The van der Waals surface area contributed by atoms with Gasteiger partial charge in [-0.2, -0.15) is 9.78 Å². The number of nitro groups is 1. The van der Waals surface area contributed by atoms with Crippen molar-refractivity contribution < 1.29 is 9.72 Å². The number of amides is 1. The summed E-state index contributed by atoms with van der Waals surface area (Å²) in [6, 6.07) is 6.52. The van der Waals surface area contributed by atoms with E-state index in [4.69, 9.17) is 11.6 Å². The summed E-state index contributed by atoms with van der Waals surface area (Å²) >= 11 is 6.02. The predicted octanol–water partition coefficient (Wildman–Crippen LogP) is 2.64. The van der Waals surface area contributed by atoms with E-state index in [9.17, 15) is 19.7 Å². The van der Waals surface area contributed by atoms with E-state index in [1.807, 2.05) is 6.92 Å². The van der Waals surface area contributed by atoms with Crippen LogP contribution in [-0.2, 0) is 6.42 Å². The van der Waals surface area contributed by atoms with Crippen molar-refractivity contribution >= 4 is 29.0 Å². The maximum Gasteiger partial charge on any atom is 0.270 e. The number of carbonyl (C=O) groups is 1. The predicted molar refractivity (Wildman–Crippen MR) is 102 cm³/mol. The van der Waals surface area contributed by atoms with Crippen molar-refractivity contribution in [1.29, 1.82) is 0 Å². The number of non-ortho nitro benzene ring substituents is 1. The number of aromatic nitrogens is 4. The molecule has 28 heavy (non-hydrogen) atoms. The summed E-state index contributed by atoms with van der Waals surface area (Å²) in [4.78, 5) is 41.7. The highest BCUT2D eigenvalue weighted by Gasteiger charge is 2.19. The molecule has 2 aromatic heterocycles. The van der Waals surface area contributed by atoms with Crippen molar-refractivity contribution in [2.24, 2.45) is 0 Å². The highest BCUT2D eigenvalue weighted by atomic mass is 35.5. The third kappa shape index (κ3) is 3.91. The van der Waals surface area contributed by atoms with Crippen LogP contribution in [0.5, 0.6) is 0 Å². The quantitative estimate of drug-likeness (QED) is 0.497. The zero-order valence-electron chi connectivity index (χ0n) is 14.9. The van der Waals surface area contributed by atoms with E-state index in [1.54, 1.807) is 13.0 Å². The lowest BCUT2D eigenvalue weighted by Crippen LogP contribution is -2.19. The largest absolute Gasteiger partial charge is 0.306 e. The fraction of sp³-hybridized carbons (Fsp3) is 0.176. The van der Waals surface area contributed by atoms with Gasteiger partial charge in [-0.3, -0.25) is 24.7 Å². The normalized spacial score (nSPS) is 10.7. The average molecular weight is 403 g/mol. The van der Waals surface area contributed by atoms with Crippen LogP contribution in [0.15, 0.2) is 35.1 Å². The Morgan fingerprint density at radius 1 is 1.36 bits per heavy atom. The molecule has 1 aromatic carbocycles. The molecule has 0 atom stereocenters. The van der Waals surface area contributed by atoms with Crippen LogP contribution >= 0.6 is 11.6 Å². The SMILES string of the molecule is CCc1cc(=O)[nH]c(-n2nc(C)cc2NC(=O)c2cc([N+](=O)[O-])ccc2Cl)n1. The third-order valence-electron chi connectivity index (χ3n) is 3.82. The number of rotatable bonds is 5. The van der Waals surface area contributed by atoms with E-state index < -0.39 is 10.8 Å². The zero-order valence-corrected chi connectivity index (χ0v) is 15.6. The van der Waals surface area contributed by atoms with Crippen molar-refractivity contribution in [2.45, 2.75) is 20.3 Å². The number of hydrogen-bond donors (Lipinski definition) is 2. The molecule has 0 saturated carbocycles. The maximum atomic E-state index is 12.6. The number of aromatic amines is 1. The summed E-state index contributed by atoms with van der Waals surface area (Å²) in [5.74, 6) is -0.303. The molecule has 0 fully saturated rings. The van der Waals surface area contributed by atoms with Crippen molar-refractivity contribution in [3.05, 3.63) is 72.8 Å². The summed E-state index contributed by atoms with van der Waals surface area (Å²) in [6.45, 7) is 3.56. The second-order valence-electron chi connectivity index (χ2n) is 5.87.